The second kappa shape index (κ2) is 3.68. The molecule has 0 saturated heterocycles. The van der Waals surface area contributed by atoms with Crippen LogP contribution in [0.3, 0.4) is 0 Å². The highest BCUT2D eigenvalue weighted by molar-refractivity contribution is 8.39. The van der Waals surface area contributed by atoms with E-state index in [2.05, 4.69) is 16.8 Å². The monoisotopic (exact) mass is 253 g/mol. The molecule has 0 radical (unpaired) electrons. The second-order valence-electron chi connectivity index (χ2n) is 6.20. The molecule has 0 aromatic rings. The van der Waals surface area contributed by atoms with Gasteiger partial charge in [0.15, 0.2) is 0 Å². The molecule has 4 fully saturated rings. The van der Waals surface area contributed by atoms with Crippen molar-refractivity contribution in [1.29, 1.82) is 0 Å². The van der Waals surface area contributed by atoms with Crippen LogP contribution >= 0.6 is 23.5 Å². The Morgan fingerprint density at radius 3 is 2.19 bits per heavy atom. The third-order valence-corrected chi connectivity index (χ3v) is 7.45. The molecule has 3 heteroatoms. The van der Waals surface area contributed by atoms with Gasteiger partial charge in [-0.3, -0.25) is 4.99 Å². The van der Waals surface area contributed by atoms with Gasteiger partial charge in [0.25, 0.3) is 0 Å². The van der Waals surface area contributed by atoms with Crippen LogP contribution in [0.15, 0.2) is 4.99 Å². The zero-order valence-electron chi connectivity index (χ0n) is 9.65. The van der Waals surface area contributed by atoms with Crippen molar-refractivity contribution in [1.82, 2.24) is 0 Å². The third-order valence-electron chi connectivity index (χ3n) is 4.84. The molecule has 0 atom stereocenters. The Kier molecular flexibility index (Phi) is 2.37. The third kappa shape index (κ3) is 1.66. The van der Waals surface area contributed by atoms with Gasteiger partial charge in [-0.05, 0) is 56.3 Å². The topological polar surface area (TPSA) is 12.4 Å². The molecule has 16 heavy (non-hydrogen) atoms. The summed E-state index contributed by atoms with van der Waals surface area (Å²) in [5.74, 6) is 4.46. The van der Waals surface area contributed by atoms with E-state index in [9.17, 15) is 0 Å². The molecule has 1 aliphatic heterocycles. The van der Waals surface area contributed by atoms with Gasteiger partial charge in [-0.25, -0.2) is 0 Å². The number of nitrogens with zero attached hydrogens (tertiary/aromatic N) is 1. The Bertz CT molecular complexity index is 302. The van der Waals surface area contributed by atoms with E-state index in [1.165, 1.54) is 29.4 Å². The van der Waals surface area contributed by atoms with Crippen molar-refractivity contribution in [3.8, 4) is 0 Å². The summed E-state index contributed by atoms with van der Waals surface area (Å²) in [4.78, 5) is 4.65. The Morgan fingerprint density at radius 2 is 1.69 bits per heavy atom. The lowest BCUT2D eigenvalue weighted by Gasteiger charge is -2.56. The van der Waals surface area contributed by atoms with Gasteiger partial charge in [-0.1, -0.05) is 23.5 Å². The van der Waals surface area contributed by atoms with E-state index in [0.29, 0.717) is 4.75 Å². The maximum absolute atomic E-state index is 4.65. The summed E-state index contributed by atoms with van der Waals surface area (Å²) < 4.78 is 2.05. The van der Waals surface area contributed by atoms with E-state index >= 15 is 0 Å². The molecule has 0 spiro atoms. The van der Waals surface area contributed by atoms with Crippen LogP contribution in [0.4, 0.5) is 0 Å². The minimum Gasteiger partial charge on any atom is -0.271 e. The largest absolute Gasteiger partial charge is 0.271 e. The molecule has 88 valence electrons. The first-order valence-corrected chi connectivity index (χ1v) is 8.48. The van der Waals surface area contributed by atoms with E-state index < -0.39 is 0 Å². The molecule has 1 nitrogen and oxygen atoms in total. The van der Waals surface area contributed by atoms with Crippen molar-refractivity contribution in [3.63, 3.8) is 0 Å². The SMILES string of the molecule is C1CSC(SC23CC4CC(CC(C4)C2)C3)=N1. The molecule has 0 N–H and O–H groups in total. The normalized spacial score (nSPS) is 49.8. The zero-order chi connectivity index (χ0) is 10.6. The predicted molar refractivity (Wildman–Crippen MR) is 73.3 cm³/mol. The van der Waals surface area contributed by atoms with E-state index in [0.717, 1.165) is 24.3 Å². The van der Waals surface area contributed by atoms with Crippen molar-refractivity contribution < 1.29 is 0 Å². The lowest BCUT2D eigenvalue weighted by molar-refractivity contribution is 0.0388. The van der Waals surface area contributed by atoms with E-state index in [1.54, 1.807) is 19.3 Å². The van der Waals surface area contributed by atoms with Gasteiger partial charge in [-0.2, -0.15) is 0 Å². The van der Waals surface area contributed by atoms with Gasteiger partial charge < -0.3 is 0 Å². The molecule has 4 bridgehead atoms. The molecule has 1 heterocycles. The average molecular weight is 253 g/mol. The molecule has 0 aromatic carbocycles. The highest BCUT2D eigenvalue weighted by atomic mass is 32.2. The summed E-state index contributed by atoms with van der Waals surface area (Å²) in [5.41, 5.74) is 0. The molecule has 0 aromatic heterocycles. The van der Waals surface area contributed by atoms with Crippen molar-refractivity contribution in [3.05, 3.63) is 0 Å². The fourth-order valence-corrected chi connectivity index (χ4v) is 7.76. The van der Waals surface area contributed by atoms with Gasteiger partial charge >= 0.3 is 0 Å². The quantitative estimate of drug-likeness (QED) is 0.705. The highest BCUT2D eigenvalue weighted by Gasteiger charge is 2.51. The van der Waals surface area contributed by atoms with Crippen LogP contribution in [0.5, 0.6) is 0 Å². The maximum atomic E-state index is 4.65. The second-order valence-corrected chi connectivity index (χ2v) is 9.00. The Balaban J connectivity index is 1.57. The zero-order valence-corrected chi connectivity index (χ0v) is 11.3. The van der Waals surface area contributed by atoms with Crippen LogP contribution in [0.2, 0.25) is 0 Å². The summed E-state index contributed by atoms with van der Waals surface area (Å²) in [6, 6.07) is 0. The van der Waals surface area contributed by atoms with E-state index in [-0.39, 0.29) is 0 Å². The van der Waals surface area contributed by atoms with Gasteiger partial charge in [0.05, 0.1) is 6.54 Å². The van der Waals surface area contributed by atoms with Crippen LogP contribution in [0.25, 0.3) is 0 Å². The molecule has 0 unspecified atom stereocenters. The minimum atomic E-state index is 0.630. The fraction of sp³-hybridized carbons (Fsp3) is 0.923. The first-order chi connectivity index (χ1) is 7.81. The lowest BCUT2D eigenvalue weighted by Crippen LogP contribution is -2.48. The average Bonchev–Trinajstić information content (AvgIpc) is 2.66. The van der Waals surface area contributed by atoms with Gasteiger partial charge in [-0.15, -0.1) is 0 Å². The summed E-state index contributed by atoms with van der Waals surface area (Å²) in [5, 5.41) is 0. The molecular weight excluding hydrogens is 234 g/mol. The Labute approximate surface area is 106 Å². The van der Waals surface area contributed by atoms with Crippen molar-refractivity contribution in [2.45, 2.75) is 43.3 Å². The van der Waals surface area contributed by atoms with Gasteiger partial charge in [0.2, 0.25) is 0 Å². The fourth-order valence-electron chi connectivity index (χ4n) is 4.72. The molecule has 5 aliphatic rings. The summed E-state index contributed by atoms with van der Waals surface area (Å²) in [6.45, 7) is 1.07. The maximum Gasteiger partial charge on any atom is 0.125 e. The van der Waals surface area contributed by atoms with Gasteiger partial charge in [0, 0.05) is 10.5 Å². The van der Waals surface area contributed by atoms with Crippen molar-refractivity contribution in [2.75, 3.05) is 12.3 Å². The van der Waals surface area contributed by atoms with E-state index in [4.69, 9.17) is 0 Å². The number of thioether (sulfide) groups is 2. The van der Waals surface area contributed by atoms with Crippen LogP contribution < -0.4 is 0 Å². The number of hydrogen-bond donors (Lipinski definition) is 0. The van der Waals surface area contributed by atoms with Crippen LogP contribution in [-0.2, 0) is 0 Å². The smallest absolute Gasteiger partial charge is 0.125 e. The molecule has 0 amide bonds. The lowest BCUT2D eigenvalue weighted by atomic mass is 9.56. The van der Waals surface area contributed by atoms with E-state index in [1.807, 2.05) is 11.8 Å². The van der Waals surface area contributed by atoms with Crippen LogP contribution in [0.1, 0.15) is 38.5 Å². The first-order valence-electron chi connectivity index (χ1n) is 6.68. The predicted octanol–water partition coefficient (Wildman–Crippen LogP) is 3.79. The molecular formula is C13H19NS2. The minimum absolute atomic E-state index is 0.630. The Hall–Kier alpha value is 0.370. The number of rotatable bonds is 1. The molecule has 4 aliphatic carbocycles. The van der Waals surface area contributed by atoms with Gasteiger partial charge in [0.1, 0.15) is 4.38 Å². The highest BCUT2D eigenvalue weighted by Crippen LogP contribution is 2.61. The summed E-state index contributed by atoms with van der Waals surface area (Å²) >= 11 is 4.18. The Morgan fingerprint density at radius 1 is 1.06 bits per heavy atom. The van der Waals surface area contributed by atoms with Crippen molar-refractivity contribution >= 4 is 27.9 Å². The standard InChI is InChI=1S/C13H19NS2/c1-2-15-12(14-1)16-13-6-9-3-10(7-13)5-11(4-9)8-13/h9-11H,1-8H2. The number of hydrogen-bond acceptors (Lipinski definition) is 3. The van der Waals surface area contributed by atoms with Crippen LogP contribution in [0, 0.1) is 17.8 Å². The number of aliphatic imine (C=N–C) groups is 1. The molecule has 4 saturated carbocycles. The van der Waals surface area contributed by atoms with Crippen LogP contribution in [-0.4, -0.2) is 21.4 Å². The summed E-state index contributed by atoms with van der Waals surface area (Å²) in [6.07, 6.45) is 9.17. The first kappa shape index (κ1) is 10.3. The molecule has 5 rings (SSSR count). The summed E-state index contributed by atoms with van der Waals surface area (Å²) in [7, 11) is 0. The van der Waals surface area contributed by atoms with Crippen molar-refractivity contribution in [2.24, 2.45) is 22.7 Å².